The Labute approximate surface area is 166 Å². The summed E-state index contributed by atoms with van der Waals surface area (Å²) in [5.74, 6) is 2.09. The van der Waals surface area contributed by atoms with E-state index in [0.29, 0.717) is 34.0 Å². The summed E-state index contributed by atoms with van der Waals surface area (Å²) < 4.78 is 21.2. The molecule has 0 unspecified atom stereocenters. The molecule has 1 heterocycles. The second kappa shape index (κ2) is 9.14. The number of carbonyl (C=O) groups excluding carboxylic acids is 1. The largest absolute Gasteiger partial charge is 0.497 e. The van der Waals surface area contributed by atoms with Gasteiger partial charge in [0.05, 0.1) is 27.1 Å². The Morgan fingerprint density at radius 1 is 1.04 bits per heavy atom. The van der Waals surface area contributed by atoms with Crippen LogP contribution in [0.4, 0.5) is 5.69 Å². The van der Waals surface area contributed by atoms with Crippen molar-refractivity contribution in [3.63, 3.8) is 0 Å². The van der Waals surface area contributed by atoms with Crippen LogP contribution in [0, 0.1) is 0 Å². The Morgan fingerprint density at radius 2 is 1.86 bits per heavy atom. The van der Waals surface area contributed by atoms with Crippen molar-refractivity contribution in [2.75, 3.05) is 32.4 Å². The molecule has 0 bridgehead atoms. The monoisotopic (exact) mass is 401 g/mol. The van der Waals surface area contributed by atoms with E-state index in [0.717, 1.165) is 17.3 Å². The smallest absolute Gasteiger partial charge is 0.277 e. The molecule has 0 aliphatic carbocycles. The van der Waals surface area contributed by atoms with E-state index in [9.17, 15) is 4.79 Å². The molecule has 3 rings (SSSR count). The molecule has 1 amide bonds. The molecule has 8 nitrogen and oxygen atoms in total. The predicted octanol–water partition coefficient (Wildman–Crippen LogP) is 3.49. The van der Waals surface area contributed by atoms with E-state index in [1.807, 2.05) is 18.2 Å². The standard InChI is InChI=1S/C19H19N3O5S/c1-24-14-6-4-5-12(9-14)18-21-22-19(27-18)28-11-17(23)20-13-7-8-15(25-2)16(10-13)26-3/h4-10H,11H2,1-3H3,(H,20,23). The van der Waals surface area contributed by atoms with Gasteiger partial charge in [0, 0.05) is 17.3 Å². The molecular formula is C19H19N3O5S. The SMILES string of the molecule is COc1cccc(-c2nnc(SCC(=O)Nc3ccc(OC)c(OC)c3)o2)c1. The minimum atomic E-state index is -0.210. The number of ether oxygens (including phenoxy) is 3. The fraction of sp³-hybridized carbons (Fsp3) is 0.211. The Kier molecular flexibility index (Phi) is 6.38. The average molecular weight is 401 g/mol. The highest BCUT2D eigenvalue weighted by Gasteiger charge is 2.13. The van der Waals surface area contributed by atoms with Gasteiger partial charge in [-0.25, -0.2) is 0 Å². The predicted molar refractivity (Wildman–Crippen MR) is 105 cm³/mol. The van der Waals surface area contributed by atoms with Gasteiger partial charge in [-0.3, -0.25) is 4.79 Å². The summed E-state index contributed by atoms with van der Waals surface area (Å²) in [4.78, 5) is 12.2. The molecule has 1 N–H and O–H groups in total. The van der Waals surface area contributed by atoms with Crippen LogP contribution in [0.2, 0.25) is 0 Å². The number of nitrogens with zero attached hydrogens (tertiary/aromatic N) is 2. The van der Waals surface area contributed by atoms with Crippen molar-refractivity contribution in [3.05, 3.63) is 42.5 Å². The van der Waals surface area contributed by atoms with Gasteiger partial charge in [0.2, 0.25) is 11.8 Å². The van der Waals surface area contributed by atoms with E-state index in [1.165, 1.54) is 7.11 Å². The number of hydrogen-bond donors (Lipinski definition) is 1. The van der Waals surface area contributed by atoms with Gasteiger partial charge in [0.15, 0.2) is 11.5 Å². The number of hydrogen-bond acceptors (Lipinski definition) is 8. The summed E-state index contributed by atoms with van der Waals surface area (Å²) in [5, 5.41) is 11.1. The van der Waals surface area contributed by atoms with Crippen LogP contribution in [0.3, 0.4) is 0 Å². The molecule has 0 aliphatic rings. The highest BCUT2D eigenvalue weighted by atomic mass is 32.2. The van der Waals surface area contributed by atoms with Crippen LogP contribution in [0.25, 0.3) is 11.5 Å². The highest BCUT2D eigenvalue weighted by Crippen LogP contribution is 2.30. The van der Waals surface area contributed by atoms with Crippen molar-refractivity contribution in [2.45, 2.75) is 5.22 Å². The maximum Gasteiger partial charge on any atom is 0.277 e. The molecule has 0 fully saturated rings. The maximum absolute atomic E-state index is 12.2. The second-order valence-electron chi connectivity index (χ2n) is 5.51. The maximum atomic E-state index is 12.2. The molecule has 9 heteroatoms. The van der Waals surface area contributed by atoms with Crippen molar-refractivity contribution in [2.24, 2.45) is 0 Å². The van der Waals surface area contributed by atoms with Crippen LogP contribution in [0.5, 0.6) is 17.2 Å². The van der Waals surface area contributed by atoms with Gasteiger partial charge >= 0.3 is 0 Å². The third kappa shape index (κ3) is 4.74. The van der Waals surface area contributed by atoms with Gasteiger partial charge in [-0.2, -0.15) is 0 Å². The second-order valence-corrected chi connectivity index (χ2v) is 6.44. The van der Waals surface area contributed by atoms with Gasteiger partial charge in [-0.05, 0) is 30.3 Å². The normalized spacial score (nSPS) is 10.4. The molecule has 0 saturated heterocycles. The molecule has 0 aliphatic heterocycles. The number of nitrogens with one attached hydrogen (secondary N) is 1. The van der Waals surface area contributed by atoms with Crippen molar-refractivity contribution in [1.82, 2.24) is 10.2 Å². The van der Waals surface area contributed by atoms with E-state index in [4.69, 9.17) is 18.6 Å². The first-order chi connectivity index (χ1) is 13.6. The lowest BCUT2D eigenvalue weighted by atomic mass is 10.2. The van der Waals surface area contributed by atoms with Crippen molar-refractivity contribution < 1.29 is 23.4 Å². The molecule has 0 spiro atoms. The number of methoxy groups -OCH3 is 3. The Balaban J connectivity index is 1.58. The Bertz CT molecular complexity index is 960. The zero-order chi connectivity index (χ0) is 19.9. The number of rotatable bonds is 8. The fourth-order valence-corrected chi connectivity index (χ4v) is 2.94. The number of thioether (sulfide) groups is 1. The summed E-state index contributed by atoms with van der Waals surface area (Å²) in [5.41, 5.74) is 1.35. The minimum Gasteiger partial charge on any atom is -0.497 e. The van der Waals surface area contributed by atoms with Crippen LogP contribution >= 0.6 is 11.8 Å². The quantitative estimate of drug-likeness (QED) is 0.573. The topological polar surface area (TPSA) is 95.7 Å². The molecule has 0 radical (unpaired) electrons. The summed E-state index contributed by atoms with van der Waals surface area (Å²) >= 11 is 1.15. The Hall–Kier alpha value is -3.20. The summed E-state index contributed by atoms with van der Waals surface area (Å²) in [6, 6.07) is 12.4. The van der Waals surface area contributed by atoms with Crippen molar-refractivity contribution >= 4 is 23.4 Å². The van der Waals surface area contributed by atoms with E-state index < -0.39 is 0 Å². The van der Waals surface area contributed by atoms with Crippen LogP contribution in [0.1, 0.15) is 0 Å². The van der Waals surface area contributed by atoms with Gasteiger partial charge < -0.3 is 23.9 Å². The van der Waals surface area contributed by atoms with Gasteiger partial charge in [-0.1, -0.05) is 17.8 Å². The zero-order valence-electron chi connectivity index (χ0n) is 15.6. The summed E-state index contributed by atoms with van der Waals surface area (Å²) in [6.07, 6.45) is 0. The molecule has 0 saturated carbocycles. The molecule has 2 aromatic carbocycles. The van der Waals surface area contributed by atoms with E-state index in [-0.39, 0.29) is 11.7 Å². The van der Waals surface area contributed by atoms with Crippen molar-refractivity contribution in [3.8, 4) is 28.7 Å². The third-order valence-corrected chi connectivity index (χ3v) is 4.54. The molecule has 0 atom stereocenters. The average Bonchev–Trinajstić information content (AvgIpc) is 3.21. The lowest BCUT2D eigenvalue weighted by molar-refractivity contribution is -0.113. The van der Waals surface area contributed by atoms with Crippen LogP contribution in [-0.4, -0.2) is 43.2 Å². The number of anilines is 1. The lowest BCUT2D eigenvalue weighted by Gasteiger charge is -2.10. The summed E-state index contributed by atoms with van der Waals surface area (Å²) in [7, 11) is 4.68. The highest BCUT2D eigenvalue weighted by molar-refractivity contribution is 7.99. The molecule has 28 heavy (non-hydrogen) atoms. The van der Waals surface area contributed by atoms with E-state index >= 15 is 0 Å². The molecule has 146 valence electrons. The van der Waals surface area contributed by atoms with Crippen LogP contribution < -0.4 is 19.5 Å². The molecular weight excluding hydrogens is 382 g/mol. The number of benzene rings is 2. The van der Waals surface area contributed by atoms with Gasteiger partial charge in [0.25, 0.3) is 5.22 Å². The van der Waals surface area contributed by atoms with Gasteiger partial charge in [0.1, 0.15) is 5.75 Å². The lowest BCUT2D eigenvalue weighted by Crippen LogP contribution is -2.14. The number of aromatic nitrogens is 2. The number of amides is 1. The van der Waals surface area contributed by atoms with Crippen LogP contribution in [0.15, 0.2) is 52.1 Å². The first kappa shape index (κ1) is 19.6. The first-order valence-electron chi connectivity index (χ1n) is 8.25. The number of carbonyl (C=O) groups is 1. The molecule has 1 aromatic heterocycles. The van der Waals surface area contributed by atoms with Crippen LogP contribution in [-0.2, 0) is 4.79 Å². The summed E-state index contributed by atoms with van der Waals surface area (Å²) in [6.45, 7) is 0. The first-order valence-corrected chi connectivity index (χ1v) is 9.24. The van der Waals surface area contributed by atoms with E-state index in [2.05, 4.69) is 15.5 Å². The third-order valence-electron chi connectivity index (χ3n) is 3.72. The fourth-order valence-electron chi connectivity index (χ4n) is 2.38. The van der Waals surface area contributed by atoms with Gasteiger partial charge in [-0.15, -0.1) is 10.2 Å². The Morgan fingerprint density at radius 3 is 2.61 bits per heavy atom. The molecule has 3 aromatic rings. The van der Waals surface area contributed by atoms with E-state index in [1.54, 1.807) is 38.5 Å². The minimum absolute atomic E-state index is 0.119. The zero-order valence-corrected chi connectivity index (χ0v) is 16.4. The van der Waals surface area contributed by atoms with Crippen molar-refractivity contribution in [1.29, 1.82) is 0 Å².